The zero-order valence-electron chi connectivity index (χ0n) is 26.5. The van der Waals surface area contributed by atoms with Crippen molar-refractivity contribution in [2.45, 2.75) is 19.6 Å². The smallest absolute Gasteiger partial charge is 0.338 e. The number of halogens is 3. The van der Waals surface area contributed by atoms with Crippen molar-refractivity contribution in [2.24, 2.45) is 4.99 Å². The van der Waals surface area contributed by atoms with Crippen molar-refractivity contribution in [3.63, 3.8) is 0 Å². The van der Waals surface area contributed by atoms with E-state index in [4.69, 9.17) is 35.5 Å². The summed E-state index contributed by atoms with van der Waals surface area (Å²) in [6, 6.07) is 25.2. The van der Waals surface area contributed by atoms with Gasteiger partial charge in [0.2, 0.25) is 0 Å². The lowest BCUT2D eigenvalue weighted by Gasteiger charge is -2.26. The molecule has 0 saturated heterocycles. The second-order valence-electron chi connectivity index (χ2n) is 10.7. The first-order valence-electron chi connectivity index (χ1n) is 15.1. The molecule has 1 aliphatic rings. The molecule has 1 aliphatic heterocycles. The molecule has 0 fully saturated rings. The van der Waals surface area contributed by atoms with Gasteiger partial charge in [0.15, 0.2) is 16.3 Å². The topological polar surface area (TPSA) is 88.4 Å². The minimum Gasteiger partial charge on any atom is -0.493 e. The lowest BCUT2D eigenvalue weighted by atomic mass is 9.93. The lowest BCUT2D eigenvalue weighted by Crippen LogP contribution is -2.40. The molecule has 0 radical (unpaired) electrons. The molecule has 1 atom stereocenters. The molecule has 12 heteroatoms. The lowest BCUT2D eigenvalue weighted by molar-refractivity contribution is -0.138. The van der Waals surface area contributed by atoms with Crippen LogP contribution in [-0.2, 0) is 16.1 Å². The highest BCUT2D eigenvalue weighted by atomic mass is 127. The molecule has 0 unspecified atom stereocenters. The third kappa shape index (κ3) is 7.21. The summed E-state index contributed by atoms with van der Waals surface area (Å²) in [5.74, 6) is 0.990. The van der Waals surface area contributed by atoms with E-state index in [0.29, 0.717) is 54.0 Å². The van der Waals surface area contributed by atoms with Gasteiger partial charge in [0.25, 0.3) is 5.56 Å². The molecule has 1 aromatic heterocycles. The van der Waals surface area contributed by atoms with Crippen LogP contribution in [0.3, 0.4) is 0 Å². The predicted molar refractivity (Wildman–Crippen MR) is 203 cm³/mol. The number of aromatic nitrogens is 1. The van der Waals surface area contributed by atoms with Gasteiger partial charge in [0.1, 0.15) is 12.4 Å². The first kappa shape index (κ1) is 34.9. The van der Waals surface area contributed by atoms with Crippen molar-refractivity contribution < 1.29 is 23.7 Å². The zero-order chi connectivity index (χ0) is 34.7. The maximum absolute atomic E-state index is 14.5. The summed E-state index contributed by atoms with van der Waals surface area (Å²) in [6.07, 6.45) is 1.79. The summed E-state index contributed by atoms with van der Waals surface area (Å²) in [5, 5.41) is 0.603. The Bertz CT molecular complexity index is 2270. The largest absolute Gasteiger partial charge is 0.493 e. The molecule has 0 amide bonds. The second-order valence-corrected chi connectivity index (χ2v) is 14.2. The molecule has 250 valence electrons. The number of rotatable bonds is 10. The molecule has 0 spiro atoms. The second kappa shape index (κ2) is 15.3. The third-order valence-corrected chi connectivity index (χ3v) is 10.4. The van der Waals surface area contributed by atoms with Crippen LogP contribution >= 0.6 is 61.5 Å². The van der Waals surface area contributed by atoms with E-state index in [1.807, 2.05) is 72.8 Å². The van der Waals surface area contributed by atoms with Crippen molar-refractivity contribution in [3.05, 3.63) is 146 Å². The van der Waals surface area contributed by atoms with Crippen LogP contribution in [0, 0.1) is 3.57 Å². The fourth-order valence-corrected chi connectivity index (χ4v) is 8.41. The predicted octanol–water partition coefficient (Wildman–Crippen LogP) is 7.55. The van der Waals surface area contributed by atoms with E-state index < -0.39 is 12.0 Å². The van der Waals surface area contributed by atoms with Gasteiger partial charge in [-0.3, -0.25) is 9.36 Å². The van der Waals surface area contributed by atoms with Gasteiger partial charge in [-0.25, -0.2) is 9.79 Å². The highest BCUT2D eigenvalue weighted by Crippen LogP contribution is 2.39. The minimum absolute atomic E-state index is 0.145. The molecule has 2 heterocycles. The highest BCUT2D eigenvalue weighted by molar-refractivity contribution is 14.1. The van der Waals surface area contributed by atoms with Gasteiger partial charge < -0.3 is 18.9 Å². The Balaban J connectivity index is 1.59. The van der Waals surface area contributed by atoms with Crippen LogP contribution in [0.4, 0.5) is 0 Å². The molecule has 0 saturated carbocycles. The Kier molecular flexibility index (Phi) is 10.9. The Labute approximate surface area is 313 Å². The van der Waals surface area contributed by atoms with E-state index in [1.54, 1.807) is 36.8 Å². The van der Waals surface area contributed by atoms with Gasteiger partial charge in [-0.05, 0) is 71.5 Å². The Morgan fingerprint density at radius 1 is 1.02 bits per heavy atom. The number of ether oxygens (including phenoxy) is 4. The Morgan fingerprint density at radius 2 is 1.76 bits per heavy atom. The van der Waals surface area contributed by atoms with Crippen LogP contribution in [0.1, 0.15) is 35.2 Å². The minimum atomic E-state index is -0.883. The molecule has 8 nitrogen and oxygen atoms in total. The number of hydrogen-bond acceptors (Lipinski definition) is 8. The van der Waals surface area contributed by atoms with Crippen molar-refractivity contribution in [2.75, 3.05) is 20.8 Å². The number of carbonyl (C=O) groups excluding carboxylic acids is 1. The number of nitrogens with zero attached hydrogens (tertiary/aromatic N) is 2. The fourth-order valence-electron chi connectivity index (χ4n) is 5.53. The maximum Gasteiger partial charge on any atom is 0.338 e. The Morgan fingerprint density at radius 3 is 2.47 bits per heavy atom. The number of fused-ring (bicyclic) bond motifs is 1. The van der Waals surface area contributed by atoms with Crippen molar-refractivity contribution in [1.29, 1.82) is 0 Å². The van der Waals surface area contributed by atoms with Crippen LogP contribution in [0.15, 0.2) is 105 Å². The molecular formula is C37H29BrClIN2O6S. The van der Waals surface area contributed by atoms with Gasteiger partial charge >= 0.3 is 5.97 Å². The molecule has 0 aliphatic carbocycles. The van der Waals surface area contributed by atoms with Crippen LogP contribution < -0.4 is 29.1 Å². The quantitative estimate of drug-likeness (QED) is 0.107. The zero-order valence-corrected chi connectivity index (χ0v) is 31.9. The van der Waals surface area contributed by atoms with Gasteiger partial charge in [-0.2, -0.15) is 0 Å². The van der Waals surface area contributed by atoms with E-state index in [1.165, 1.54) is 18.4 Å². The summed E-state index contributed by atoms with van der Waals surface area (Å²) in [4.78, 5) is 33.7. The van der Waals surface area contributed by atoms with Gasteiger partial charge in [-0.1, -0.05) is 93.5 Å². The highest BCUT2D eigenvalue weighted by Gasteiger charge is 2.35. The molecule has 5 aromatic rings. The third-order valence-electron chi connectivity index (χ3n) is 7.75. The van der Waals surface area contributed by atoms with Crippen molar-refractivity contribution in [1.82, 2.24) is 4.57 Å². The number of carbonyl (C=O) groups is 1. The van der Waals surface area contributed by atoms with Gasteiger partial charge in [-0.15, -0.1) is 0 Å². The van der Waals surface area contributed by atoms with E-state index in [9.17, 15) is 9.59 Å². The number of esters is 1. The summed E-state index contributed by atoms with van der Waals surface area (Å²) in [5.41, 5.74) is 3.19. The molecular weight excluding hydrogens is 843 g/mol. The molecule has 0 bridgehead atoms. The summed E-state index contributed by atoms with van der Waals surface area (Å²) in [7, 11) is 3.09. The van der Waals surface area contributed by atoms with E-state index >= 15 is 0 Å². The standard InChI is InChI=1S/C37H29BrClIN2O6S/c1-4-47-36(44)31-32(21-10-6-5-7-11-21)41-37-42(33(31)22-14-15-28(45-2)29(17-22)46-3)35(43)30(49-37)18-24-16-25(38)19-27(40)34(24)48-20-23-12-8-9-13-26(23)39/h5-19,33H,4,20H2,1-3H3/b30-18-/t33-/m0/s1. The van der Waals surface area contributed by atoms with Crippen LogP contribution in [0.5, 0.6) is 17.2 Å². The summed E-state index contributed by atoms with van der Waals surface area (Å²) < 4.78 is 26.6. The monoisotopic (exact) mass is 870 g/mol. The SMILES string of the molecule is CCOC(=O)C1=C(c2ccccc2)N=c2s/c(=C\c3cc(Br)cc(I)c3OCc3ccccc3Cl)c(=O)n2[C@H]1c1ccc(OC)c(OC)c1. The van der Waals surface area contributed by atoms with E-state index in [0.717, 1.165) is 13.6 Å². The number of methoxy groups -OCH3 is 2. The van der Waals surface area contributed by atoms with Crippen molar-refractivity contribution >= 4 is 79.2 Å². The molecule has 49 heavy (non-hydrogen) atoms. The van der Waals surface area contributed by atoms with E-state index in [-0.39, 0.29) is 24.3 Å². The van der Waals surface area contributed by atoms with Gasteiger partial charge in [0.05, 0.1) is 46.2 Å². The summed E-state index contributed by atoms with van der Waals surface area (Å²) in [6.45, 7) is 2.13. The molecule has 4 aromatic carbocycles. The van der Waals surface area contributed by atoms with Crippen LogP contribution in [0.2, 0.25) is 5.02 Å². The number of hydrogen-bond donors (Lipinski definition) is 0. The van der Waals surface area contributed by atoms with E-state index in [2.05, 4.69) is 38.5 Å². The summed E-state index contributed by atoms with van der Waals surface area (Å²) >= 11 is 13.5. The van der Waals surface area contributed by atoms with Crippen molar-refractivity contribution in [3.8, 4) is 17.2 Å². The fraction of sp³-hybridized carbons (Fsp3) is 0.162. The van der Waals surface area contributed by atoms with Crippen LogP contribution in [0.25, 0.3) is 11.8 Å². The normalized spacial score (nSPS) is 14.2. The van der Waals surface area contributed by atoms with Gasteiger partial charge in [0, 0.05) is 26.2 Å². The van der Waals surface area contributed by atoms with Crippen LogP contribution in [-0.4, -0.2) is 31.4 Å². The maximum atomic E-state index is 14.5. The number of thiazole rings is 1. The average molecular weight is 872 g/mol. The first-order valence-corrected chi connectivity index (χ1v) is 18.2. The molecule has 6 rings (SSSR count). The first-order chi connectivity index (χ1) is 23.7. The average Bonchev–Trinajstić information content (AvgIpc) is 3.41. The molecule has 0 N–H and O–H groups in total. The Hall–Kier alpha value is -3.91. The number of benzene rings is 4.